The van der Waals surface area contributed by atoms with Crippen LogP contribution >= 0.6 is 22.1 Å². The number of hydrogen-bond acceptors (Lipinski definition) is 9. The number of anilines is 1. The highest BCUT2D eigenvalue weighted by Crippen LogP contribution is 2.50. The summed E-state index contributed by atoms with van der Waals surface area (Å²) in [5.74, 6) is 0.397. The lowest BCUT2D eigenvalue weighted by atomic mass is 10.1. The molecule has 1 saturated heterocycles. The normalized spacial score (nSPS) is 16.7. The lowest BCUT2D eigenvalue weighted by Gasteiger charge is -2.37. The van der Waals surface area contributed by atoms with Crippen LogP contribution < -0.4 is 9.62 Å². The second-order valence-corrected chi connectivity index (χ2v) is 12.3. The molecule has 1 aliphatic heterocycles. The summed E-state index contributed by atoms with van der Waals surface area (Å²) >= 11 is 1.60. The molecule has 10 nitrogen and oxygen atoms in total. The first-order valence-electron chi connectivity index (χ1n) is 12.8. The molecule has 0 bridgehead atoms. The van der Waals surface area contributed by atoms with Gasteiger partial charge in [-0.1, -0.05) is 19.9 Å². The van der Waals surface area contributed by atoms with Crippen molar-refractivity contribution in [3.05, 3.63) is 53.7 Å². The minimum Gasteiger partial charge on any atom is -0.350 e. The SMILES string of the molecule is CCN(CC)C(C)CNC(=O)c1cc(-c2cnn3ccc(-c4cccs4)nc23)nc(N2CCCS2(O)O)c1. The summed E-state index contributed by atoms with van der Waals surface area (Å²) in [6.45, 7) is 9.05. The predicted molar refractivity (Wildman–Crippen MR) is 154 cm³/mol. The summed E-state index contributed by atoms with van der Waals surface area (Å²) in [5.41, 5.74) is 2.98. The second kappa shape index (κ2) is 11.0. The molecule has 0 radical (unpaired) electrons. The van der Waals surface area contributed by atoms with E-state index in [4.69, 9.17) is 9.97 Å². The molecule has 1 amide bonds. The maximum atomic E-state index is 13.3. The van der Waals surface area contributed by atoms with Crippen LogP contribution in [0, 0.1) is 0 Å². The molecule has 0 saturated carbocycles. The molecule has 202 valence electrons. The number of carbonyl (C=O) groups excluding carboxylic acids is 1. The Bertz CT molecular complexity index is 1420. The van der Waals surface area contributed by atoms with E-state index >= 15 is 0 Å². The van der Waals surface area contributed by atoms with E-state index in [2.05, 4.69) is 36.1 Å². The number of thiophene rings is 1. The van der Waals surface area contributed by atoms with E-state index in [0.29, 0.717) is 47.8 Å². The highest BCUT2D eigenvalue weighted by molar-refractivity contribution is 8.25. The Balaban J connectivity index is 1.54. The molecule has 5 rings (SSSR count). The molecular weight excluding hydrogens is 522 g/mol. The van der Waals surface area contributed by atoms with E-state index in [9.17, 15) is 13.9 Å². The van der Waals surface area contributed by atoms with Gasteiger partial charge >= 0.3 is 0 Å². The molecule has 0 spiro atoms. The molecule has 1 fully saturated rings. The van der Waals surface area contributed by atoms with Gasteiger partial charge in [-0.05, 0) is 56.1 Å². The summed E-state index contributed by atoms with van der Waals surface area (Å²) in [6, 6.07) is 9.44. The highest BCUT2D eigenvalue weighted by Gasteiger charge is 2.31. The first-order valence-corrected chi connectivity index (χ1v) is 15.3. The zero-order chi connectivity index (χ0) is 26.9. The van der Waals surface area contributed by atoms with Gasteiger partial charge in [-0.15, -0.1) is 22.1 Å². The van der Waals surface area contributed by atoms with E-state index in [1.165, 1.54) is 4.31 Å². The highest BCUT2D eigenvalue weighted by atomic mass is 32.3. The molecule has 4 aromatic rings. The average Bonchev–Trinajstić information content (AvgIpc) is 3.67. The third-order valence-electron chi connectivity index (χ3n) is 6.87. The Morgan fingerprint density at radius 1 is 1.21 bits per heavy atom. The summed E-state index contributed by atoms with van der Waals surface area (Å²) in [6.07, 6.45) is 4.17. The van der Waals surface area contributed by atoms with Gasteiger partial charge in [0.2, 0.25) is 0 Å². The van der Waals surface area contributed by atoms with E-state index in [-0.39, 0.29) is 17.7 Å². The number of nitrogens with zero attached hydrogens (tertiary/aromatic N) is 6. The number of pyridine rings is 1. The van der Waals surface area contributed by atoms with Crippen molar-refractivity contribution in [3.63, 3.8) is 0 Å². The van der Waals surface area contributed by atoms with Gasteiger partial charge in [0.15, 0.2) is 5.65 Å². The minimum absolute atomic E-state index is 0.180. The van der Waals surface area contributed by atoms with Gasteiger partial charge in [-0.25, -0.2) is 14.5 Å². The van der Waals surface area contributed by atoms with Crippen molar-refractivity contribution in [2.75, 3.05) is 36.2 Å². The van der Waals surface area contributed by atoms with Crippen LogP contribution in [0.25, 0.3) is 27.5 Å². The maximum Gasteiger partial charge on any atom is 0.251 e. The summed E-state index contributed by atoms with van der Waals surface area (Å²) in [5, 5.41) is 9.50. The number of carbonyl (C=O) groups is 1. The molecule has 0 aliphatic carbocycles. The quantitative estimate of drug-likeness (QED) is 0.268. The molecule has 12 heteroatoms. The van der Waals surface area contributed by atoms with E-state index in [1.807, 2.05) is 29.8 Å². The van der Waals surface area contributed by atoms with Crippen molar-refractivity contribution in [2.45, 2.75) is 33.2 Å². The molecule has 1 unspecified atom stereocenters. The first kappa shape index (κ1) is 26.6. The molecule has 38 heavy (non-hydrogen) atoms. The summed E-state index contributed by atoms with van der Waals surface area (Å²) in [4.78, 5) is 26.3. The van der Waals surface area contributed by atoms with Crippen molar-refractivity contribution in [1.29, 1.82) is 0 Å². The van der Waals surface area contributed by atoms with Crippen molar-refractivity contribution >= 4 is 39.5 Å². The van der Waals surface area contributed by atoms with Crippen molar-refractivity contribution in [2.24, 2.45) is 0 Å². The molecule has 1 aliphatic rings. The number of likely N-dealkylation sites (N-methyl/N-ethyl adjacent to an activating group) is 1. The molecule has 1 atom stereocenters. The smallest absolute Gasteiger partial charge is 0.251 e. The van der Waals surface area contributed by atoms with Crippen LogP contribution in [0.2, 0.25) is 0 Å². The zero-order valence-electron chi connectivity index (χ0n) is 21.7. The van der Waals surface area contributed by atoms with Crippen LogP contribution in [0.15, 0.2) is 48.1 Å². The number of nitrogens with one attached hydrogen (secondary N) is 1. The number of amides is 1. The van der Waals surface area contributed by atoms with Crippen LogP contribution in [0.3, 0.4) is 0 Å². The lowest BCUT2D eigenvalue weighted by molar-refractivity contribution is 0.0938. The molecule has 4 aromatic heterocycles. The van der Waals surface area contributed by atoms with Gasteiger partial charge in [0.05, 0.1) is 33.8 Å². The Kier molecular flexibility index (Phi) is 7.68. The van der Waals surface area contributed by atoms with Gasteiger partial charge in [0.25, 0.3) is 5.91 Å². The number of aromatic nitrogens is 4. The summed E-state index contributed by atoms with van der Waals surface area (Å²) < 4.78 is 24.5. The third kappa shape index (κ3) is 5.27. The Morgan fingerprint density at radius 3 is 2.71 bits per heavy atom. The van der Waals surface area contributed by atoms with Crippen molar-refractivity contribution in [3.8, 4) is 21.8 Å². The third-order valence-corrected chi connectivity index (χ3v) is 9.68. The number of fused-ring (bicyclic) bond motifs is 1. The zero-order valence-corrected chi connectivity index (χ0v) is 23.4. The maximum absolute atomic E-state index is 13.3. The van der Waals surface area contributed by atoms with Gasteiger partial charge in [0.1, 0.15) is 5.82 Å². The second-order valence-electron chi connectivity index (χ2n) is 9.29. The fraction of sp³-hybridized carbons (Fsp3) is 0.385. The summed E-state index contributed by atoms with van der Waals surface area (Å²) in [7, 11) is -2.99. The molecule has 5 heterocycles. The molecule has 0 aromatic carbocycles. The lowest BCUT2D eigenvalue weighted by Crippen LogP contribution is -2.42. The first-order chi connectivity index (χ1) is 18.3. The fourth-order valence-corrected chi connectivity index (χ4v) is 7.01. The number of rotatable bonds is 9. The van der Waals surface area contributed by atoms with E-state index in [1.54, 1.807) is 34.2 Å². The standard InChI is InChI=1S/C26H33N7O3S2/c1-4-31(5-2)18(3)16-27-26(34)19-14-22(29-24(15-19)33-10-7-13-38(33,35)36)20-17-28-32-11-9-21(30-25(20)32)23-8-6-12-37-23/h6,8-9,11-12,14-15,17-18,35-36H,4-5,7,10,13,16H2,1-3H3,(H,27,34). The van der Waals surface area contributed by atoms with Gasteiger partial charge < -0.3 is 5.32 Å². The fourth-order valence-electron chi connectivity index (χ4n) is 4.76. The van der Waals surface area contributed by atoms with E-state index in [0.717, 1.165) is 23.7 Å². The predicted octanol–water partition coefficient (Wildman–Crippen LogP) is 4.86. The van der Waals surface area contributed by atoms with E-state index < -0.39 is 10.8 Å². The van der Waals surface area contributed by atoms with Crippen molar-refractivity contribution < 1.29 is 13.9 Å². The largest absolute Gasteiger partial charge is 0.350 e. The van der Waals surface area contributed by atoms with Crippen LogP contribution in [0.1, 0.15) is 37.6 Å². The Labute approximate surface area is 227 Å². The van der Waals surface area contributed by atoms with Gasteiger partial charge in [-0.2, -0.15) is 5.10 Å². The van der Waals surface area contributed by atoms with Gasteiger partial charge in [-0.3, -0.25) is 23.1 Å². The van der Waals surface area contributed by atoms with Crippen molar-refractivity contribution in [1.82, 2.24) is 29.8 Å². The van der Waals surface area contributed by atoms with Gasteiger partial charge in [0, 0.05) is 30.9 Å². The average molecular weight is 556 g/mol. The van der Waals surface area contributed by atoms with Crippen LogP contribution in [-0.4, -0.2) is 77.5 Å². The molecular formula is C26H33N7O3S2. The van der Waals surface area contributed by atoms with Crippen LogP contribution in [0.4, 0.5) is 5.82 Å². The molecule has 3 N–H and O–H groups in total. The number of hydrogen-bond donors (Lipinski definition) is 3. The minimum atomic E-state index is -2.99. The topological polar surface area (TPSA) is 119 Å². The van der Waals surface area contributed by atoms with Crippen LogP contribution in [0.5, 0.6) is 0 Å². The van der Waals surface area contributed by atoms with Crippen LogP contribution in [-0.2, 0) is 0 Å². The Morgan fingerprint density at radius 2 is 2.03 bits per heavy atom. The monoisotopic (exact) mass is 555 g/mol. The Hall–Kier alpha value is -3.03.